The van der Waals surface area contributed by atoms with E-state index in [-0.39, 0.29) is 0 Å². The van der Waals surface area contributed by atoms with E-state index in [0.717, 1.165) is 37.1 Å². The topological polar surface area (TPSA) is 38.5 Å². The predicted octanol–water partition coefficient (Wildman–Crippen LogP) is 3.41. The summed E-state index contributed by atoms with van der Waals surface area (Å²) in [5, 5.41) is 0. The zero-order valence-electron chi connectivity index (χ0n) is 12.6. The van der Waals surface area contributed by atoms with E-state index in [9.17, 15) is 0 Å². The summed E-state index contributed by atoms with van der Waals surface area (Å²) in [6.07, 6.45) is 2.51. The van der Waals surface area contributed by atoms with Crippen molar-refractivity contribution in [3.63, 3.8) is 0 Å². The lowest BCUT2D eigenvalue weighted by atomic mass is 10.0. The molecule has 0 aliphatic heterocycles. The maximum atomic E-state index is 5.75. The minimum Gasteiger partial charge on any atom is -0.492 e. The first-order valence-corrected chi connectivity index (χ1v) is 7.40. The second-order valence-electron chi connectivity index (χ2n) is 5.00. The fourth-order valence-corrected chi connectivity index (χ4v) is 2.19. The average Bonchev–Trinajstić information content (AvgIpc) is 2.43. The molecule has 0 unspecified atom stereocenters. The minimum atomic E-state index is 0.720. The molecular formula is C16H28N2O. The highest BCUT2D eigenvalue weighted by Gasteiger charge is 2.09. The maximum absolute atomic E-state index is 5.75. The Balaban J connectivity index is 2.33. The Bertz CT molecular complexity index is 350. The second kappa shape index (κ2) is 8.81. The van der Waals surface area contributed by atoms with Gasteiger partial charge in [0.2, 0.25) is 0 Å². The molecule has 0 heterocycles. The third-order valence-corrected chi connectivity index (χ3v) is 3.65. The van der Waals surface area contributed by atoms with E-state index in [2.05, 4.69) is 25.7 Å². The average molecular weight is 264 g/mol. The van der Waals surface area contributed by atoms with Gasteiger partial charge in [0.25, 0.3) is 0 Å². The molecule has 1 aromatic rings. The van der Waals surface area contributed by atoms with Crippen molar-refractivity contribution in [2.24, 2.45) is 5.92 Å². The standard InChI is InChI=1S/C16H28N2O/c1-4-14(5-2)13-18(6-3)10-11-19-16-9-7-8-15(17)12-16/h7-9,12,14H,4-6,10-11,13,17H2,1-3H3. The Morgan fingerprint density at radius 3 is 2.53 bits per heavy atom. The number of hydrogen-bond acceptors (Lipinski definition) is 3. The van der Waals surface area contributed by atoms with Gasteiger partial charge in [-0.25, -0.2) is 0 Å². The van der Waals surface area contributed by atoms with E-state index < -0.39 is 0 Å². The van der Waals surface area contributed by atoms with Gasteiger partial charge in [-0.2, -0.15) is 0 Å². The van der Waals surface area contributed by atoms with Crippen LogP contribution in [0.2, 0.25) is 0 Å². The number of benzene rings is 1. The molecule has 3 nitrogen and oxygen atoms in total. The van der Waals surface area contributed by atoms with E-state index in [1.165, 1.54) is 19.4 Å². The summed E-state index contributed by atoms with van der Waals surface area (Å²) in [7, 11) is 0. The number of nitrogen functional groups attached to an aromatic ring is 1. The lowest BCUT2D eigenvalue weighted by molar-refractivity contribution is 0.188. The summed E-state index contributed by atoms with van der Waals surface area (Å²) in [6.45, 7) is 10.7. The van der Waals surface area contributed by atoms with Crippen LogP contribution in [0.1, 0.15) is 33.6 Å². The first-order chi connectivity index (χ1) is 9.19. The Morgan fingerprint density at radius 1 is 1.21 bits per heavy atom. The van der Waals surface area contributed by atoms with Crippen molar-refractivity contribution in [3.8, 4) is 5.75 Å². The van der Waals surface area contributed by atoms with E-state index in [1.54, 1.807) is 0 Å². The van der Waals surface area contributed by atoms with Crippen molar-refractivity contribution >= 4 is 5.69 Å². The largest absolute Gasteiger partial charge is 0.492 e. The SMILES string of the molecule is CCC(CC)CN(CC)CCOc1cccc(N)c1. The third kappa shape index (κ3) is 5.97. The normalized spacial score (nSPS) is 11.2. The summed E-state index contributed by atoms with van der Waals surface area (Å²) < 4.78 is 5.75. The van der Waals surface area contributed by atoms with Crippen LogP contribution in [0.3, 0.4) is 0 Å². The number of ether oxygens (including phenoxy) is 1. The van der Waals surface area contributed by atoms with Crippen LogP contribution in [0.15, 0.2) is 24.3 Å². The van der Waals surface area contributed by atoms with Gasteiger partial charge in [0.05, 0.1) is 0 Å². The molecule has 0 aliphatic rings. The van der Waals surface area contributed by atoms with Gasteiger partial charge < -0.3 is 10.5 Å². The Hall–Kier alpha value is -1.22. The Labute approximate surface area is 117 Å². The van der Waals surface area contributed by atoms with Gasteiger partial charge in [-0.05, 0) is 24.6 Å². The second-order valence-corrected chi connectivity index (χ2v) is 5.00. The molecule has 19 heavy (non-hydrogen) atoms. The zero-order valence-corrected chi connectivity index (χ0v) is 12.6. The molecule has 0 aliphatic carbocycles. The Kier molecular flexibility index (Phi) is 7.34. The first kappa shape index (κ1) is 15.8. The molecule has 0 fully saturated rings. The molecule has 1 aromatic carbocycles. The fraction of sp³-hybridized carbons (Fsp3) is 0.625. The number of nitrogens with zero attached hydrogens (tertiary/aromatic N) is 1. The summed E-state index contributed by atoms with van der Waals surface area (Å²) in [5.74, 6) is 1.66. The quantitative estimate of drug-likeness (QED) is 0.695. The maximum Gasteiger partial charge on any atom is 0.121 e. The molecule has 108 valence electrons. The van der Waals surface area contributed by atoms with Crippen molar-refractivity contribution in [2.45, 2.75) is 33.6 Å². The molecule has 0 bridgehead atoms. The first-order valence-electron chi connectivity index (χ1n) is 7.40. The Morgan fingerprint density at radius 2 is 1.95 bits per heavy atom. The molecule has 0 amide bonds. The van der Waals surface area contributed by atoms with Crippen molar-refractivity contribution in [1.29, 1.82) is 0 Å². The molecule has 2 N–H and O–H groups in total. The van der Waals surface area contributed by atoms with Gasteiger partial charge in [0, 0.05) is 24.8 Å². The minimum absolute atomic E-state index is 0.720. The predicted molar refractivity (Wildman–Crippen MR) is 82.5 cm³/mol. The van der Waals surface area contributed by atoms with Gasteiger partial charge in [0.1, 0.15) is 12.4 Å². The molecule has 0 saturated carbocycles. The molecule has 0 radical (unpaired) electrons. The summed E-state index contributed by atoms with van der Waals surface area (Å²) >= 11 is 0. The highest BCUT2D eigenvalue weighted by molar-refractivity contribution is 5.43. The van der Waals surface area contributed by atoms with Gasteiger partial charge in [0.15, 0.2) is 0 Å². The van der Waals surface area contributed by atoms with Crippen LogP contribution < -0.4 is 10.5 Å². The molecule has 0 spiro atoms. The van der Waals surface area contributed by atoms with Crippen molar-refractivity contribution in [2.75, 3.05) is 32.0 Å². The molecule has 3 heteroatoms. The lowest BCUT2D eigenvalue weighted by Gasteiger charge is -2.25. The van der Waals surface area contributed by atoms with Crippen LogP contribution >= 0.6 is 0 Å². The van der Waals surface area contributed by atoms with Gasteiger partial charge in [-0.3, -0.25) is 4.90 Å². The van der Waals surface area contributed by atoms with E-state index in [4.69, 9.17) is 10.5 Å². The highest BCUT2D eigenvalue weighted by Crippen LogP contribution is 2.14. The lowest BCUT2D eigenvalue weighted by Crippen LogP contribution is -2.32. The molecule has 1 rings (SSSR count). The van der Waals surface area contributed by atoms with Crippen LogP contribution in [-0.4, -0.2) is 31.1 Å². The van der Waals surface area contributed by atoms with Gasteiger partial charge in [-0.15, -0.1) is 0 Å². The molecule has 0 aromatic heterocycles. The molecule has 0 saturated heterocycles. The molecule has 0 atom stereocenters. The van der Waals surface area contributed by atoms with Crippen LogP contribution in [-0.2, 0) is 0 Å². The number of rotatable bonds is 9. The van der Waals surface area contributed by atoms with Crippen molar-refractivity contribution in [1.82, 2.24) is 4.90 Å². The zero-order chi connectivity index (χ0) is 14.1. The van der Waals surface area contributed by atoms with Gasteiger partial charge >= 0.3 is 0 Å². The monoisotopic (exact) mass is 264 g/mol. The van der Waals surface area contributed by atoms with Crippen molar-refractivity contribution in [3.05, 3.63) is 24.3 Å². The van der Waals surface area contributed by atoms with Crippen LogP contribution in [0.5, 0.6) is 5.75 Å². The summed E-state index contributed by atoms with van der Waals surface area (Å²) in [5.41, 5.74) is 6.48. The summed E-state index contributed by atoms with van der Waals surface area (Å²) in [6, 6.07) is 7.62. The van der Waals surface area contributed by atoms with Crippen molar-refractivity contribution < 1.29 is 4.74 Å². The number of hydrogen-bond donors (Lipinski definition) is 1. The van der Waals surface area contributed by atoms with Crippen LogP contribution in [0.4, 0.5) is 5.69 Å². The number of anilines is 1. The summed E-state index contributed by atoms with van der Waals surface area (Å²) in [4.78, 5) is 2.46. The fourth-order valence-electron chi connectivity index (χ4n) is 2.19. The van der Waals surface area contributed by atoms with Crippen LogP contribution in [0, 0.1) is 5.92 Å². The number of likely N-dealkylation sites (N-methyl/N-ethyl adjacent to an activating group) is 1. The van der Waals surface area contributed by atoms with E-state index in [0.29, 0.717) is 0 Å². The highest BCUT2D eigenvalue weighted by atomic mass is 16.5. The van der Waals surface area contributed by atoms with E-state index >= 15 is 0 Å². The molecular weight excluding hydrogens is 236 g/mol. The van der Waals surface area contributed by atoms with Crippen LogP contribution in [0.25, 0.3) is 0 Å². The number of nitrogens with two attached hydrogens (primary N) is 1. The third-order valence-electron chi connectivity index (χ3n) is 3.65. The van der Waals surface area contributed by atoms with E-state index in [1.807, 2.05) is 24.3 Å². The smallest absolute Gasteiger partial charge is 0.121 e. The van der Waals surface area contributed by atoms with Gasteiger partial charge in [-0.1, -0.05) is 39.7 Å².